The van der Waals surface area contributed by atoms with Crippen LogP contribution in [0.1, 0.15) is 30.1 Å². The molecule has 1 aliphatic heterocycles. The monoisotopic (exact) mass is 438 g/mol. The largest absolute Gasteiger partial charge is 0.494 e. The summed E-state index contributed by atoms with van der Waals surface area (Å²) in [6, 6.07) is 9.72. The van der Waals surface area contributed by atoms with Crippen molar-refractivity contribution in [3.8, 4) is 5.75 Å². The van der Waals surface area contributed by atoms with E-state index < -0.39 is 26.6 Å². The minimum Gasteiger partial charge on any atom is -0.494 e. The molecule has 1 fully saturated rings. The molecule has 1 amide bonds. The molecule has 0 N–H and O–H groups in total. The number of hydrogen-bond acceptors (Lipinski definition) is 4. The van der Waals surface area contributed by atoms with E-state index in [9.17, 15) is 22.0 Å². The van der Waals surface area contributed by atoms with Gasteiger partial charge in [-0.1, -0.05) is 19.4 Å². The normalized spacial score (nSPS) is 15.2. The number of benzene rings is 2. The molecule has 1 aliphatic rings. The van der Waals surface area contributed by atoms with Crippen LogP contribution in [0.2, 0.25) is 0 Å². The topological polar surface area (TPSA) is 66.9 Å². The number of hydrogen-bond donors (Lipinski definition) is 0. The number of nitrogens with zero attached hydrogens (tertiary/aromatic N) is 2. The first-order valence-corrected chi connectivity index (χ1v) is 11.2. The summed E-state index contributed by atoms with van der Waals surface area (Å²) in [4.78, 5) is 13.3. The summed E-state index contributed by atoms with van der Waals surface area (Å²) < 4.78 is 59.8. The zero-order chi connectivity index (χ0) is 21.7. The lowest BCUT2D eigenvalue weighted by Gasteiger charge is -2.34. The van der Waals surface area contributed by atoms with E-state index in [1.165, 1.54) is 4.90 Å². The van der Waals surface area contributed by atoms with Crippen LogP contribution >= 0.6 is 0 Å². The second-order valence-corrected chi connectivity index (χ2v) is 8.85. The van der Waals surface area contributed by atoms with Crippen LogP contribution in [0.5, 0.6) is 5.75 Å². The number of carbonyl (C=O) groups is 1. The van der Waals surface area contributed by atoms with Crippen LogP contribution in [0.4, 0.5) is 8.78 Å². The van der Waals surface area contributed by atoms with Crippen LogP contribution in [0.3, 0.4) is 0 Å². The molecule has 2 aromatic carbocycles. The highest BCUT2D eigenvalue weighted by molar-refractivity contribution is 7.89. The number of unbranched alkanes of at least 4 members (excludes halogenated alkanes) is 1. The van der Waals surface area contributed by atoms with E-state index >= 15 is 0 Å². The zero-order valence-corrected chi connectivity index (χ0v) is 17.5. The highest BCUT2D eigenvalue weighted by Crippen LogP contribution is 2.24. The van der Waals surface area contributed by atoms with Crippen LogP contribution in [0.15, 0.2) is 47.4 Å². The number of ether oxygens (including phenoxy) is 1. The number of halogens is 2. The molecule has 1 saturated heterocycles. The van der Waals surface area contributed by atoms with Crippen LogP contribution in [-0.2, 0) is 10.0 Å². The second-order valence-electron chi connectivity index (χ2n) is 6.97. The first kappa shape index (κ1) is 22.2. The van der Waals surface area contributed by atoms with Gasteiger partial charge in [0.05, 0.1) is 6.61 Å². The third-order valence-corrected chi connectivity index (χ3v) is 6.86. The van der Waals surface area contributed by atoms with Gasteiger partial charge in [0, 0.05) is 31.7 Å². The predicted octanol–water partition coefficient (Wildman–Crippen LogP) is 3.29. The molecule has 0 aliphatic carbocycles. The third-order valence-electron chi connectivity index (χ3n) is 4.91. The van der Waals surface area contributed by atoms with Gasteiger partial charge >= 0.3 is 0 Å². The Labute approximate surface area is 175 Å². The zero-order valence-electron chi connectivity index (χ0n) is 16.7. The summed E-state index contributed by atoms with van der Waals surface area (Å²) in [5, 5.41) is 0. The summed E-state index contributed by atoms with van der Waals surface area (Å²) in [5.41, 5.74) is 0.467. The second kappa shape index (κ2) is 9.53. The van der Waals surface area contributed by atoms with Crippen molar-refractivity contribution >= 4 is 15.9 Å². The fourth-order valence-corrected chi connectivity index (χ4v) is 4.73. The molecule has 162 valence electrons. The van der Waals surface area contributed by atoms with Crippen molar-refractivity contribution in [3.63, 3.8) is 0 Å². The van der Waals surface area contributed by atoms with Gasteiger partial charge in [-0.3, -0.25) is 4.79 Å². The number of carbonyl (C=O) groups excluding carboxylic acids is 1. The van der Waals surface area contributed by atoms with Crippen molar-refractivity contribution < 1.29 is 26.7 Å². The Morgan fingerprint density at radius 1 is 1.00 bits per heavy atom. The van der Waals surface area contributed by atoms with Gasteiger partial charge in [-0.25, -0.2) is 17.2 Å². The van der Waals surface area contributed by atoms with Gasteiger partial charge in [-0.2, -0.15) is 4.31 Å². The molecule has 9 heteroatoms. The molecule has 1 heterocycles. The maximum atomic E-state index is 13.9. The van der Waals surface area contributed by atoms with Gasteiger partial charge in [-0.15, -0.1) is 0 Å². The van der Waals surface area contributed by atoms with E-state index in [1.807, 2.05) is 0 Å². The quantitative estimate of drug-likeness (QED) is 0.623. The molecule has 2 aromatic rings. The van der Waals surface area contributed by atoms with Gasteiger partial charge in [0.2, 0.25) is 10.0 Å². The van der Waals surface area contributed by atoms with Crippen molar-refractivity contribution in [1.29, 1.82) is 0 Å². The average molecular weight is 438 g/mol. The predicted molar refractivity (Wildman–Crippen MR) is 108 cm³/mol. The Bertz CT molecular complexity index is 968. The van der Waals surface area contributed by atoms with Gasteiger partial charge in [0.1, 0.15) is 17.4 Å². The Morgan fingerprint density at radius 3 is 2.17 bits per heavy atom. The molecule has 0 bridgehead atoms. The van der Waals surface area contributed by atoms with Crippen molar-refractivity contribution in [2.45, 2.75) is 24.7 Å². The highest BCUT2D eigenvalue weighted by atomic mass is 32.2. The summed E-state index contributed by atoms with van der Waals surface area (Å²) in [6.45, 7) is 2.86. The van der Waals surface area contributed by atoms with Gasteiger partial charge in [0.25, 0.3) is 5.91 Å². The highest BCUT2D eigenvalue weighted by Gasteiger charge is 2.34. The van der Waals surface area contributed by atoms with E-state index in [0.717, 1.165) is 35.3 Å². The lowest BCUT2D eigenvalue weighted by atomic mass is 10.2. The molecule has 0 atom stereocenters. The lowest BCUT2D eigenvalue weighted by molar-refractivity contribution is 0.0697. The van der Waals surface area contributed by atoms with E-state index in [0.29, 0.717) is 17.9 Å². The Morgan fingerprint density at radius 2 is 1.60 bits per heavy atom. The van der Waals surface area contributed by atoms with E-state index in [4.69, 9.17) is 4.74 Å². The van der Waals surface area contributed by atoms with Crippen molar-refractivity contribution in [3.05, 3.63) is 59.7 Å². The molecule has 3 rings (SSSR count). The number of amides is 1. The molecule has 0 unspecified atom stereocenters. The number of piperazine rings is 1. The molecule has 6 nitrogen and oxygen atoms in total. The fourth-order valence-electron chi connectivity index (χ4n) is 3.20. The molecule has 0 radical (unpaired) electrons. The minimum atomic E-state index is -4.33. The summed E-state index contributed by atoms with van der Waals surface area (Å²) >= 11 is 0. The molecule has 0 saturated carbocycles. The van der Waals surface area contributed by atoms with Gasteiger partial charge in [0.15, 0.2) is 4.90 Å². The van der Waals surface area contributed by atoms with E-state index in [1.54, 1.807) is 24.3 Å². The number of sulfonamides is 1. The Hall–Kier alpha value is -2.52. The summed E-state index contributed by atoms with van der Waals surface area (Å²) in [6.07, 6.45) is 1.98. The third kappa shape index (κ3) is 4.79. The van der Waals surface area contributed by atoms with Crippen molar-refractivity contribution in [2.75, 3.05) is 32.8 Å². The molecular weight excluding hydrogens is 414 g/mol. The van der Waals surface area contributed by atoms with E-state index in [2.05, 4.69) is 6.92 Å². The number of rotatable bonds is 7. The first-order chi connectivity index (χ1) is 14.3. The van der Waals surface area contributed by atoms with E-state index in [-0.39, 0.29) is 32.1 Å². The smallest absolute Gasteiger partial charge is 0.253 e. The molecule has 0 spiro atoms. The van der Waals surface area contributed by atoms with Gasteiger partial charge in [-0.05, 0) is 42.8 Å². The van der Waals surface area contributed by atoms with Crippen LogP contribution < -0.4 is 4.74 Å². The SMILES string of the molecule is CCCCOc1ccc(C(=O)N2CCN(S(=O)(=O)c3c(F)cccc3F)CC2)cc1. The summed E-state index contributed by atoms with van der Waals surface area (Å²) in [5.74, 6) is -1.81. The minimum absolute atomic E-state index is 0.0416. The van der Waals surface area contributed by atoms with Crippen LogP contribution in [0.25, 0.3) is 0 Å². The van der Waals surface area contributed by atoms with Crippen LogP contribution in [-0.4, -0.2) is 56.3 Å². The lowest BCUT2D eigenvalue weighted by Crippen LogP contribution is -2.50. The molecule has 0 aromatic heterocycles. The fraction of sp³-hybridized carbons (Fsp3) is 0.381. The van der Waals surface area contributed by atoms with Crippen molar-refractivity contribution in [1.82, 2.24) is 9.21 Å². The average Bonchev–Trinajstić information content (AvgIpc) is 2.74. The first-order valence-electron chi connectivity index (χ1n) is 9.81. The maximum absolute atomic E-state index is 13.9. The maximum Gasteiger partial charge on any atom is 0.253 e. The molecular formula is C21H24F2N2O4S. The van der Waals surface area contributed by atoms with Crippen molar-refractivity contribution in [2.24, 2.45) is 0 Å². The summed E-state index contributed by atoms with van der Waals surface area (Å²) in [7, 11) is -4.33. The molecule has 30 heavy (non-hydrogen) atoms. The Kier molecular flexibility index (Phi) is 7.04. The van der Waals surface area contributed by atoms with Gasteiger partial charge < -0.3 is 9.64 Å². The van der Waals surface area contributed by atoms with Crippen LogP contribution in [0, 0.1) is 11.6 Å². The standard InChI is InChI=1S/C21H24F2N2O4S/c1-2-3-15-29-17-9-7-16(8-10-17)21(26)24-11-13-25(14-12-24)30(27,28)20-18(22)5-4-6-19(20)23/h4-10H,2-3,11-15H2,1H3. The Balaban J connectivity index is 1.63.